The maximum atomic E-state index is 6.57. The molecule has 4 aromatic carbocycles. The molecule has 0 saturated heterocycles. The lowest BCUT2D eigenvalue weighted by atomic mass is 9.78. The number of fused-ring (bicyclic) bond motifs is 5. The number of aryl methyl sites for hydroxylation is 1. The van der Waals surface area contributed by atoms with Crippen LogP contribution < -0.4 is 5.73 Å². The maximum absolute atomic E-state index is 6.57. The molecule has 2 aliphatic carbocycles. The first-order valence-electron chi connectivity index (χ1n) is 12.9. The summed E-state index contributed by atoms with van der Waals surface area (Å²) in [5, 5.41) is 2.58. The van der Waals surface area contributed by atoms with Crippen LogP contribution in [0.1, 0.15) is 37.8 Å². The van der Waals surface area contributed by atoms with Gasteiger partial charge in [0.05, 0.1) is 0 Å². The highest BCUT2D eigenvalue weighted by Gasteiger charge is 2.37. The van der Waals surface area contributed by atoms with E-state index in [2.05, 4.69) is 116 Å². The van der Waals surface area contributed by atoms with Crippen LogP contribution in [0, 0.1) is 0 Å². The lowest BCUT2D eigenvalue weighted by Gasteiger charge is -2.26. The van der Waals surface area contributed by atoms with E-state index in [0.717, 1.165) is 24.1 Å². The fraction of sp³-hybridized carbons (Fsp3) is 0.176. The van der Waals surface area contributed by atoms with Crippen molar-refractivity contribution in [1.82, 2.24) is 4.57 Å². The molecule has 2 heteroatoms. The van der Waals surface area contributed by atoms with E-state index in [1.807, 2.05) is 0 Å². The van der Waals surface area contributed by atoms with Crippen LogP contribution in [0.15, 0.2) is 96.6 Å². The van der Waals surface area contributed by atoms with Crippen molar-refractivity contribution in [3.05, 3.63) is 108 Å². The van der Waals surface area contributed by atoms with Gasteiger partial charge in [0.15, 0.2) is 0 Å². The third-order valence-corrected chi connectivity index (χ3v) is 8.52. The van der Waals surface area contributed by atoms with Crippen LogP contribution in [0.2, 0.25) is 0 Å². The van der Waals surface area contributed by atoms with Crippen molar-refractivity contribution in [2.45, 2.75) is 32.1 Å². The number of hydrogen-bond donors (Lipinski definition) is 1. The van der Waals surface area contributed by atoms with Crippen LogP contribution in [-0.2, 0) is 12.5 Å². The van der Waals surface area contributed by atoms with Gasteiger partial charge >= 0.3 is 0 Å². The summed E-state index contributed by atoms with van der Waals surface area (Å²) >= 11 is 0. The number of anilines is 1. The van der Waals surface area contributed by atoms with Crippen molar-refractivity contribution in [2.75, 3.05) is 5.73 Å². The van der Waals surface area contributed by atoms with Gasteiger partial charge in [0.25, 0.3) is 0 Å². The smallest absolute Gasteiger partial charge is 0.0489 e. The standard InChI is InChI=1S/C34H30N2/c1-34(2)29-10-6-4-8-24(29)25-15-12-23(20-30(25)34)27-18-21(13-16-31(27)35)22-14-17-33-28(19-22)26-9-5-7-11-32(26)36(33)3/h4-5,7-9,11-20H,6,10,35H2,1-3H3. The van der Waals surface area contributed by atoms with Crippen molar-refractivity contribution in [2.24, 2.45) is 7.05 Å². The van der Waals surface area contributed by atoms with E-state index < -0.39 is 0 Å². The third-order valence-electron chi connectivity index (χ3n) is 8.52. The molecule has 36 heavy (non-hydrogen) atoms. The summed E-state index contributed by atoms with van der Waals surface area (Å²) in [6.07, 6.45) is 6.92. The quantitative estimate of drug-likeness (QED) is 0.259. The molecule has 0 atom stereocenters. The summed E-state index contributed by atoms with van der Waals surface area (Å²) in [6, 6.07) is 28.8. The van der Waals surface area contributed by atoms with E-state index in [0.29, 0.717) is 0 Å². The zero-order chi connectivity index (χ0) is 24.6. The second kappa shape index (κ2) is 7.48. The number of nitrogens with two attached hydrogens (primary N) is 1. The Morgan fingerprint density at radius 1 is 0.750 bits per heavy atom. The summed E-state index contributed by atoms with van der Waals surface area (Å²) in [7, 11) is 2.14. The van der Waals surface area contributed by atoms with E-state index in [4.69, 9.17) is 5.73 Å². The fourth-order valence-corrected chi connectivity index (χ4v) is 6.53. The molecule has 2 aliphatic rings. The Morgan fingerprint density at radius 2 is 1.50 bits per heavy atom. The summed E-state index contributed by atoms with van der Waals surface area (Å²) < 4.78 is 2.28. The first-order chi connectivity index (χ1) is 17.4. The van der Waals surface area contributed by atoms with Crippen molar-refractivity contribution >= 4 is 33.1 Å². The second-order valence-electron chi connectivity index (χ2n) is 10.8. The molecular weight excluding hydrogens is 436 g/mol. The SMILES string of the molecule is Cn1c2ccccc2c2cc(-c3ccc(N)c(-c4ccc5c(c4)C(C)(C)C4=C5C=CCC4)c3)ccc21. The van der Waals surface area contributed by atoms with Gasteiger partial charge in [-0.05, 0) is 82.6 Å². The van der Waals surface area contributed by atoms with Crippen LogP contribution in [0.3, 0.4) is 0 Å². The molecule has 0 radical (unpaired) electrons. The Morgan fingerprint density at radius 3 is 2.39 bits per heavy atom. The molecule has 2 N–H and O–H groups in total. The van der Waals surface area contributed by atoms with Gasteiger partial charge in [0.1, 0.15) is 0 Å². The largest absolute Gasteiger partial charge is 0.398 e. The van der Waals surface area contributed by atoms with Gasteiger partial charge in [-0.1, -0.05) is 74.0 Å². The van der Waals surface area contributed by atoms with Crippen molar-refractivity contribution in [3.63, 3.8) is 0 Å². The summed E-state index contributed by atoms with van der Waals surface area (Å²) in [5.74, 6) is 0. The average Bonchev–Trinajstić information content (AvgIpc) is 3.32. The van der Waals surface area contributed by atoms with E-state index in [1.54, 1.807) is 5.57 Å². The molecule has 1 heterocycles. The molecular formula is C34H30N2. The predicted octanol–water partition coefficient (Wildman–Crippen LogP) is 8.64. The average molecular weight is 467 g/mol. The normalized spacial score (nSPS) is 16.1. The van der Waals surface area contributed by atoms with Gasteiger partial charge in [0.2, 0.25) is 0 Å². The molecule has 0 bridgehead atoms. The van der Waals surface area contributed by atoms with Gasteiger partial charge in [-0.2, -0.15) is 0 Å². The first-order valence-corrected chi connectivity index (χ1v) is 12.9. The van der Waals surface area contributed by atoms with E-state index in [1.165, 1.54) is 55.2 Å². The summed E-state index contributed by atoms with van der Waals surface area (Å²) in [5.41, 5.74) is 20.4. The fourth-order valence-electron chi connectivity index (χ4n) is 6.53. The van der Waals surface area contributed by atoms with Gasteiger partial charge in [-0.3, -0.25) is 0 Å². The number of benzene rings is 4. The zero-order valence-corrected chi connectivity index (χ0v) is 21.1. The summed E-state index contributed by atoms with van der Waals surface area (Å²) in [4.78, 5) is 0. The number of nitrogens with zero attached hydrogens (tertiary/aromatic N) is 1. The third kappa shape index (κ3) is 2.91. The molecule has 2 nitrogen and oxygen atoms in total. The second-order valence-corrected chi connectivity index (χ2v) is 10.8. The molecule has 0 amide bonds. The van der Waals surface area contributed by atoms with Gasteiger partial charge < -0.3 is 10.3 Å². The zero-order valence-electron chi connectivity index (χ0n) is 21.1. The number of aromatic nitrogens is 1. The highest BCUT2D eigenvalue weighted by molar-refractivity contribution is 6.09. The Labute approximate surface area is 212 Å². The molecule has 0 unspecified atom stereocenters. The van der Waals surface area contributed by atoms with E-state index >= 15 is 0 Å². The molecule has 0 spiro atoms. The van der Waals surface area contributed by atoms with Crippen LogP contribution in [0.5, 0.6) is 0 Å². The van der Waals surface area contributed by atoms with Crippen LogP contribution in [0.4, 0.5) is 5.69 Å². The predicted molar refractivity (Wildman–Crippen MR) is 154 cm³/mol. The van der Waals surface area contributed by atoms with Crippen molar-refractivity contribution in [1.29, 1.82) is 0 Å². The number of para-hydroxylation sites is 1. The Bertz CT molecular complexity index is 1770. The number of allylic oxidation sites excluding steroid dienone is 4. The lowest BCUT2D eigenvalue weighted by molar-refractivity contribution is 0.607. The van der Waals surface area contributed by atoms with E-state index in [9.17, 15) is 0 Å². The van der Waals surface area contributed by atoms with Crippen molar-refractivity contribution < 1.29 is 0 Å². The molecule has 0 aliphatic heterocycles. The Balaban J connectivity index is 1.35. The number of hydrogen-bond acceptors (Lipinski definition) is 1. The molecule has 1 aromatic heterocycles. The van der Waals surface area contributed by atoms with E-state index in [-0.39, 0.29) is 5.41 Å². The molecule has 7 rings (SSSR count). The van der Waals surface area contributed by atoms with Gasteiger partial charge in [-0.25, -0.2) is 0 Å². The minimum Gasteiger partial charge on any atom is -0.398 e. The summed E-state index contributed by atoms with van der Waals surface area (Å²) in [6.45, 7) is 4.74. The lowest BCUT2D eigenvalue weighted by Crippen LogP contribution is -2.17. The maximum Gasteiger partial charge on any atom is 0.0489 e. The highest BCUT2D eigenvalue weighted by atomic mass is 14.9. The number of rotatable bonds is 2. The topological polar surface area (TPSA) is 30.9 Å². The van der Waals surface area contributed by atoms with Crippen molar-refractivity contribution in [3.8, 4) is 22.3 Å². The van der Waals surface area contributed by atoms with Gasteiger partial charge in [0, 0.05) is 45.5 Å². The molecule has 0 fully saturated rings. The molecule has 5 aromatic rings. The van der Waals surface area contributed by atoms with Crippen LogP contribution in [-0.4, -0.2) is 4.57 Å². The minimum atomic E-state index is 0.0528. The molecule has 176 valence electrons. The van der Waals surface area contributed by atoms with Crippen LogP contribution in [0.25, 0.3) is 49.6 Å². The van der Waals surface area contributed by atoms with Crippen LogP contribution >= 0.6 is 0 Å². The molecule has 0 saturated carbocycles. The Hall–Kier alpha value is -4.04. The monoisotopic (exact) mass is 466 g/mol. The minimum absolute atomic E-state index is 0.0528. The number of nitrogen functional groups attached to an aromatic ring is 1. The highest BCUT2D eigenvalue weighted by Crippen LogP contribution is 2.51. The first kappa shape index (κ1) is 21.3. The Kier molecular flexibility index (Phi) is 4.42. The van der Waals surface area contributed by atoms with Gasteiger partial charge in [-0.15, -0.1) is 0 Å².